The molecule has 2 rings (SSSR count). The minimum Gasteiger partial charge on any atom is -0.337 e. The van der Waals surface area contributed by atoms with Crippen LogP contribution in [0.15, 0.2) is 6.20 Å². The van der Waals surface area contributed by atoms with Gasteiger partial charge < -0.3 is 4.90 Å². The topological polar surface area (TPSA) is 61.9 Å². The predicted octanol–water partition coefficient (Wildman–Crippen LogP) is 1.07. The van der Waals surface area contributed by atoms with Crippen molar-refractivity contribution < 1.29 is 4.79 Å². The Bertz CT molecular complexity index is 318. The molecule has 0 saturated heterocycles. The molecule has 0 bridgehead atoms. The van der Waals surface area contributed by atoms with Crippen LogP contribution in [0.25, 0.3) is 0 Å². The summed E-state index contributed by atoms with van der Waals surface area (Å²) in [4.78, 5) is 13.8. The van der Waals surface area contributed by atoms with Crippen molar-refractivity contribution in [2.45, 2.75) is 26.2 Å². The fourth-order valence-corrected chi connectivity index (χ4v) is 1.81. The van der Waals surface area contributed by atoms with Crippen LogP contribution in [0, 0.1) is 5.92 Å². The number of aromatic nitrogens is 3. The molecule has 1 aliphatic rings. The zero-order valence-corrected chi connectivity index (χ0v) is 8.94. The van der Waals surface area contributed by atoms with Crippen molar-refractivity contribution in [3.8, 4) is 0 Å². The maximum Gasteiger partial charge on any atom is 0.276 e. The lowest BCUT2D eigenvalue weighted by molar-refractivity contribution is 0.0700. The summed E-state index contributed by atoms with van der Waals surface area (Å²) in [6.45, 7) is 3.60. The van der Waals surface area contributed by atoms with Gasteiger partial charge in [-0.15, -0.1) is 0 Å². The summed E-state index contributed by atoms with van der Waals surface area (Å²) in [6.07, 6.45) is 5.29. The first-order valence-corrected chi connectivity index (χ1v) is 5.46. The van der Waals surface area contributed by atoms with Gasteiger partial charge in [-0.2, -0.15) is 15.4 Å². The van der Waals surface area contributed by atoms with E-state index < -0.39 is 0 Å². The van der Waals surface area contributed by atoms with Crippen LogP contribution in [0.3, 0.4) is 0 Å². The summed E-state index contributed by atoms with van der Waals surface area (Å²) < 4.78 is 0. The third-order valence-corrected chi connectivity index (χ3v) is 3.01. The molecule has 0 radical (unpaired) electrons. The van der Waals surface area contributed by atoms with Crippen molar-refractivity contribution in [2.75, 3.05) is 13.1 Å². The van der Waals surface area contributed by atoms with Gasteiger partial charge in [0.2, 0.25) is 0 Å². The molecule has 1 saturated carbocycles. The van der Waals surface area contributed by atoms with Crippen LogP contribution in [0.2, 0.25) is 0 Å². The maximum absolute atomic E-state index is 11.9. The molecule has 0 aliphatic heterocycles. The Labute approximate surface area is 88.9 Å². The van der Waals surface area contributed by atoms with E-state index in [0.717, 1.165) is 13.1 Å². The zero-order chi connectivity index (χ0) is 10.7. The highest BCUT2D eigenvalue weighted by molar-refractivity contribution is 5.91. The molecule has 1 heterocycles. The molecule has 0 unspecified atom stereocenters. The standard InChI is InChI=1S/C10H16N4O/c1-2-14(7-8-4-3-5-8)10(15)9-6-11-13-12-9/h6,8H,2-5,7H2,1H3,(H,11,12,13). The highest BCUT2D eigenvalue weighted by Crippen LogP contribution is 2.27. The van der Waals surface area contributed by atoms with Gasteiger partial charge in [0, 0.05) is 13.1 Å². The van der Waals surface area contributed by atoms with Crippen molar-refractivity contribution in [3.05, 3.63) is 11.9 Å². The van der Waals surface area contributed by atoms with E-state index in [1.807, 2.05) is 11.8 Å². The highest BCUT2D eigenvalue weighted by atomic mass is 16.2. The number of hydrogen-bond donors (Lipinski definition) is 1. The fraction of sp³-hybridized carbons (Fsp3) is 0.700. The Kier molecular flexibility index (Phi) is 2.99. The highest BCUT2D eigenvalue weighted by Gasteiger charge is 2.24. The Hall–Kier alpha value is -1.39. The average Bonchev–Trinajstić information content (AvgIpc) is 2.68. The van der Waals surface area contributed by atoms with Crippen LogP contribution in [0.1, 0.15) is 36.7 Å². The molecule has 82 valence electrons. The molecule has 5 heteroatoms. The summed E-state index contributed by atoms with van der Waals surface area (Å²) in [7, 11) is 0. The molecule has 0 atom stereocenters. The summed E-state index contributed by atoms with van der Waals surface area (Å²) in [5.74, 6) is 0.680. The average molecular weight is 208 g/mol. The van der Waals surface area contributed by atoms with Crippen molar-refractivity contribution in [2.24, 2.45) is 5.92 Å². The fourth-order valence-electron chi connectivity index (χ4n) is 1.81. The van der Waals surface area contributed by atoms with Gasteiger partial charge >= 0.3 is 0 Å². The van der Waals surface area contributed by atoms with Gasteiger partial charge in [-0.05, 0) is 25.7 Å². The molecule has 1 aliphatic carbocycles. The van der Waals surface area contributed by atoms with Gasteiger partial charge in [0.1, 0.15) is 0 Å². The van der Waals surface area contributed by atoms with Gasteiger partial charge in [0.05, 0.1) is 6.20 Å². The van der Waals surface area contributed by atoms with Crippen LogP contribution >= 0.6 is 0 Å². The number of H-pyrrole nitrogens is 1. The van der Waals surface area contributed by atoms with E-state index in [4.69, 9.17) is 0 Å². The monoisotopic (exact) mass is 208 g/mol. The predicted molar refractivity (Wildman–Crippen MR) is 55.3 cm³/mol. The first kappa shape index (κ1) is 10.1. The first-order valence-electron chi connectivity index (χ1n) is 5.46. The van der Waals surface area contributed by atoms with E-state index >= 15 is 0 Å². The van der Waals surface area contributed by atoms with Crippen LogP contribution < -0.4 is 0 Å². The first-order chi connectivity index (χ1) is 7.31. The van der Waals surface area contributed by atoms with E-state index in [1.165, 1.54) is 25.5 Å². The molecule has 1 aromatic heterocycles. The Morgan fingerprint density at radius 2 is 2.47 bits per heavy atom. The molecule has 1 aromatic rings. The summed E-state index contributed by atoms with van der Waals surface area (Å²) >= 11 is 0. The SMILES string of the molecule is CCN(CC1CCC1)C(=O)c1cn[nH]n1. The van der Waals surface area contributed by atoms with Crippen molar-refractivity contribution in [1.82, 2.24) is 20.3 Å². The largest absolute Gasteiger partial charge is 0.337 e. The number of rotatable bonds is 4. The normalized spacial score (nSPS) is 16.1. The third-order valence-electron chi connectivity index (χ3n) is 3.01. The zero-order valence-electron chi connectivity index (χ0n) is 8.94. The second-order valence-corrected chi connectivity index (χ2v) is 4.00. The lowest BCUT2D eigenvalue weighted by atomic mass is 9.85. The van der Waals surface area contributed by atoms with Gasteiger partial charge in [-0.3, -0.25) is 4.79 Å². The second-order valence-electron chi connectivity index (χ2n) is 4.00. The Morgan fingerprint density at radius 1 is 1.67 bits per heavy atom. The van der Waals surface area contributed by atoms with E-state index in [9.17, 15) is 4.79 Å². The second kappa shape index (κ2) is 4.42. The summed E-state index contributed by atoms with van der Waals surface area (Å²) in [5.41, 5.74) is 0.413. The minimum atomic E-state index is -0.0156. The molecule has 0 aromatic carbocycles. The number of hydrogen-bond acceptors (Lipinski definition) is 3. The third kappa shape index (κ3) is 2.16. The molecular formula is C10H16N4O. The molecular weight excluding hydrogens is 192 g/mol. The molecule has 1 N–H and O–H groups in total. The quantitative estimate of drug-likeness (QED) is 0.805. The maximum atomic E-state index is 11.9. The van der Waals surface area contributed by atoms with E-state index in [2.05, 4.69) is 15.4 Å². The molecule has 1 fully saturated rings. The lowest BCUT2D eigenvalue weighted by Gasteiger charge is -2.31. The number of amides is 1. The molecule has 1 amide bonds. The van der Waals surface area contributed by atoms with Crippen molar-refractivity contribution >= 4 is 5.91 Å². The van der Waals surface area contributed by atoms with Crippen LogP contribution in [-0.2, 0) is 0 Å². The number of aromatic amines is 1. The summed E-state index contributed by atoms with van der Waals surface area (Å²) in [5, 5.41) is 9.92. The molecule has 0 spiro atoms. The smallest absolute Gasteiger partial charge is 0.276 e. The Balaban J connectivity index is 1.96. The van der Waals surface area contributed by atoms with Gasteiger partial charge in [-0.1, -0.05) is 6.42 Å². The summed E-state index contributed by atoms with van der Waals surface area (Å²) in [6, 6.07) is 0. The van der Waals surface area contributed by atoms with Gasteiger partial charge in [0.15, 0.2) is 5.69 Å². The molecule has 5 nitrogen and oxygen atoms in total. The van der Waals surface area contributed by atoms with E-state index in [1.54, 1.807) is 0 Å². The van der Waals surface area contributed by atoms with Crippen LogP contribution in [0.5, 0.6) is 0 Å². The lowest BCUT2D eigenvalue weighted by Crippen LogP contribution is -2.37. The number of carbonyl (C=O) groups is 1. The molecule has 15 heavy (non-hydrogen) atoms. The van der Waals surface area contributed by atoms with E-state index in [-0.39, 0.29) is 5.91 Å². The van der Waals surface area contributed by atoms with Crippen molar-refractivity contribution in [1.29, 1.82) is 0 Å². The van der Waals surface area contributed by atoms with Gasteiger partial charge in [0.25, 0.3) is 5.91 Å². The minimum absolute atomic E-state index is 0.0156. The van der Waals surface area contributed by atoms with Gasteiger partial charge in [-0.25, -0.2) is 0 Å². The van der Waals surface area contributed by atoms with E-state index in [0.29, 0.717) is 11.6 Å². The van der Waals surface area contributed by atoms with Crippen molar-refractivity contribution in [3.63, 3.8) is 0 Å². The number of nitrogens with zero attached hydrogens (tertiary/aromatic N) is 3. The van der Waals surface area contributed by atoms with Crippen LogP contribution in [-0.4, -0.2) is 39.3 Å². The number of carbonyl (C=O) groups excluding carboxylic acids is 1. The number of nitrogens with one attached hydrogen (secondary N) is 1. The Morgan fingerprint density at radius 3 is 2.93 bits per heavy atom. The van der Waals surface area contributed by atoms with Crippen LogP contribution in [0.4, 0.5) is 0 Å².